The number of hydrogen-bond acceptors (Lipinski definition) is 5. The predicted molar refractivity (Wildman–Crippen MR) is 77.7 cm³/mol. The minimum absolute atomic E-state index is 0.00495. The summed E-state index contributed by atoms with van der Waals surface area (Å²) in [7, 11) is 0. The maximum Gasteiger partial charge on any atom is 0.293 e. The molecule has 102 valence electrons. The number of rotatable bonds is 4. The number of nitrogens with zero attached hydrogens (tertiary/aromatic N) is 4. The van der Waals surface area contributed by atoms with Crippen LogP contribution in [0.3, 0.4) is 0 Å². The van der Waals surface area contributed by atoms with E-state index in [1.165, 1.54) is 18.6 Å². The van der Waals surface area contributed by atoms with Gasteiger partial charge in [0.1, 0.15) is 17.7 Å². The molecule has 1 aromatic heterocycles. The standard InChI is InChI=1S/C11H10N6O2S/c12-11(20)15-14-5-8-6-16(7-13-8)9-3-1-2-4-10(9)17(18)19/h1-7H,(H3,12,15,20). The van der Waals surface area contributed by atoms with Gasteiger partial charge in [-0.3, -0.25) is 20.1 Å². The van der Waals surface area contributed by atoms with Gasteiger partial charge in [0.05, 0.1) is 11.1 Å². The van der Waals surface area contributed by atoms with Crippen LogP contribution in [0.2, 0.25) is 0 Å². The van der Waals surface area contributed by atoms with Gasteiger partial charge in [0.25, 0.3) is 5.69 Å². The van der Waals surface area contributed by atoms with Crippen molar-refractivity contribution in [3.05, 3.63) is 52.6 Å². The molecule has 1 heterocycles. The number of nitrogens with two attached hydrogens (primary N) is 1. The van der Waals surface area contributed by atoms with Crippen LogP contribution in [0.4, 0.5) is 5.69 Å². The number of nitrogens with one attached hydrogen (secondary N) is 1. The number of hydrazone groups is 1. The Hall–Kier alpha value is -2.81. The van der Waals surface area contributed by atoms with Crippen LogP contribution >= 0.6 is 12.2 Å². The molecule has 9 heteroatoms. The number of imidazole rings is 1. The van der Waals surface area contributed by atoms with E-state index in [0.717, 1.165) is 0 Å². The maximum atomic E-state index is 11.0. The minimum atomic E-state index is -0.447. The van der Waals surface area contributed by atoms with Gasteiger partial charge in [-0.25, -0.2) is 4.98 Å². The Labute approximate surface area is 119 Å². The van der Waals surface area contributed by atoms with Gasteiger partial charge in [0.2, 0.25) is 0 Å². The molecule has 0 spiro atoms. The lowest BCUT2D eigenvalue weighted by Crippen LogP contribution is -2.24. The first-order valence-corrected chi connectivity index (χ1v) is 5.85. The molecule has 0 saturated carbocycles. The summed E-state index contributed by atoms with van der Waals surface area (Å²) < 4.78 is 1.54. The van der Waals surface area contributed by atoms with E-state index in [1.54, 1.807) is 29.0 Å². The second kappa shape index (κ2) is 5.89. The Kier molecular flexibility index (Phi) is 4.01. The molecule has 2 aromatic rings. The monoisotopic (exact) mass is 290 g/mol. The van der Waals surface area contributed by atoms with Crippen LogP contribution in [0, 0.1) is 10.1 Å². The summed E-state index contributed by atoms with van der Waals surface area (Å²) in [6, 6.07) is 6.38. The molecule has 0 aliphatic carbocycles. The van der Waals surface area contributed by atoms with Crippen molar-refractivity contribution < 1.29 is 4.92 Å². The third-order valence-electron chi connectivity index (χ3n) is 2.33. The number of para-hydroxylation sites is 2. The Balaban J connectivity index is 2.27. The molecule has 2 rings (SSSR count). The summed E-state index contributed by atoms with van der Waals surface area (Å²) >= 11 is 4.59. The largest absolute Gasteiger partial charge is 0.375 e. The van der Waals surface area contributed by atoms with E-state index in [4.69, 9.17) is 5.73 Å². The molecule has 20 heavy (non-hydrogen) atoms. The summed E-state index contributed by atoms with van der Waals surface area (Å²) in [6.45, 7) is 0. The van der Waals surface area contributed by atoms with Gasteiger partial charge in [-0.1, -0.05) is 12.1 Å². The quantitative estimate of drug-likeness (QED) is 0.375. The van der Waals surface area contributed by atoms with Gasteiger partial charge in [0.15, 0.2) is 5.11 Å². The number of benzene rings is 1. The van der Waals surface area contributed by atoms with Gasteiger partial charge >= 0.3 is 0 Å². The Bertz CT molecular complexity index is 681. The van der Waals surface area contributed by atoms with Crippen molar-refractivity contribution >= 4 is 29.2 Å². The van der Waals surface area contributed by atoms with E-state index in [0.29, 0.717) is 11.4 Å². The first-order valence-electron chi connectivity index (χ1n) is 5.44. The lowest BCUT2D eigenvalue weighted by molar-refractivity contribution is -0.384. The van der Waals surface area contributed by atoms with E-state index in [-0.39, 0.29) is 10.8 Å². The molecule has 8 nitrogen and oxygen atoms in total. The fraction of sp³-hybridized carbons (Fsp3) is 0. The molecule has 3 N–H and O–H groups in total. The zero-order valence-corrected chi connectivity index (χ0v) is 10.9. The lowest BCUT2D eigenvalue weighted by atomic mass is 10.2. The van der Waals surface area contributed by atoms with E-state index < -0.39 is 4.92 Å². The topological polar surface area (TPSA) is 111 Å². The first-order chi connectivity index (χ1) is 9.58. The van der Waals surface area contributed by atoms with Gasteiger partial charge in [-0.15, -0.1) is 0 Å². The van der Waals surface area contributed by atoms with Crippen LogP contribution in [0.5, 0.6) is 0 Å². The molecule has 0 aliphatic rings. The van der Waals surface area contributed by atoms with Crippen molar-refractivity contribution in [1.82, 2.24) is 15.0 Å². The van der Waals surface area contributed by atoms with Crippen molar-refractivity contribution in [2.75, 3.05) is 0 Å². The van der Waals surface area contributed by atoms with Crippen LogP contribution in [0.1, 0.15) is 5.69 Å². The highest BCUT2D eigenvalue weighted by Gasteiger charge is 2.13. The van der Waals surface area contributed by atoms with Gasteiger partial charge in [-0.05, 0) is 18.3 Å². The van der Waals surface area contributed by atoms with E-state index in [1.807, 2.05) is 0 Å². The van der Waals surface area contributed by atoms with Crippen molar-refractivity contribution in [1.29, 1.82) is 0 Å². The van der Waals surface area contributed by atoms with Crippen molar-refractivity contribution in [2.45, 2.75) is 0 Å². The van der Waals surface area contributed by atoms with Crippen LogP contribution in [0.25, 0.3) is 5.69 Å². The molecule has 0 radical (unpaired) electrons. The fourth-order valence-electron chi connectivity index (χ4n) is 1.54. The third kappa shape index (κ3) is 3.14. The van der Waals surface area contributed by atoms with Crippen LogP contribution in [0.15, 0.2) is 41.9 Å². The van der Waals surface area contributed by atoms with Gasteiger partial charge < -0.3 is 5.73 Å². The smallest absolute Gasteiger partial charge is 0.293 e. The van der Waals surface area contributed by atoms with Crippen molar-refractivity contribution in [3.8, 4) is 5.69 Å². The van der Waals surface area contributed by atoms with Crippen molar-refractivity contribution in [2.24, 2.45) is 10.8 Å². The molecule has 0 unspecified atom stereocenters. The highest BCUT2D eigenvalue weighted by Crippen LogP contribution is 2.21. The van der Waals surface area contributed by atoms with Gasteiger partial charge in [0, 0.05) is 12.3 Å². The maximum absolute atomic E-state index is 11.0. The summed E-state index contributed by atoms with van der Waals surface area (Å²) in [5.74, 6) is 0. The van der Waals surface area contributed by atoms with Gasteiger partial charge in [-0.2, -0.15) is 5.10 Å². The Morgan fingerprint density at radius 1 is 1.55 bits per heavy atom. The second-order valence-electron chi connectivity index (χ2n) is 3.69. The molecule has 0 aliphatic heterocycles. The van der Waals surface area contributed by atoms with E-state index >= 15 is 0 Å². The number of hydrogen-bond donors (Lipinski definition) is 2. The zero-order valence-electron chi connectivity index (χ0n) is 10.1. The number of nitro benzene ring substituents is 1. The minimum Gasteiger partial charge on any atom is -0.375 e. The molecular weight excluding hydrogens is 280 g/mol. The molecule has 0 fully saturated rings. The lowest BCUT2D eigenvalue weighted by Gasteiger charge is -2.01. The second-order valence-corrected chi connectivity index (χ2v) is 4.13. The number of nitro groups is 1. The molecule has 0 saturated heterocycles. The summed E-state index contributed by atoms with van der Waals surface area (Å²) in [4.78, 5) is 14.6. The summed E-state index contributed by atoms with van der Waals surface area (Å²) in [6.07, 6.45) is 4.47. The number of aromatic nitrogens is 2. The fourth-order valence-corrected chi connectivity index (χ4v) is 1.59. The highest BCUT2D eigenvalue weighted by molar-refractivity contribution is 7.80. The van der Waals surface area contributed by atoms with Crippen molar-refractivity contribution in [3.63, 3.8) is 0 Å². The summed E-state index contributed by atoms with van der Waals surface area (Å²) in [5, 5.41) is 14.8. The molecular formula is C11H10N6O2S. The number of thiocarbonyl (C=S) groups is 1. The molecule has 0 amide bonds. The Morgan fingerprint density at radius 3 is 3.00 bits per heavy atom. The SMILES string of the molecule is NC(=S)NN=Cc1cn(-c2ccccc2[N+](=O)[O-])cn1. The Morgan fingerprint density at radius 2 is 2.30 bits per heavy atom. The predicted octanol–water partition coefficient (Wildman–Crippen LogP) is 0.948. The van der Waals surface area contributed by atoms with E-state index in [2.05, 4.69) is 27.7 Å². The third-order valence-corrected chi connectivity index (χ3v) is 2.42. The van der Waals surface area contributed by atoms with Crippen LogP contribution in [-0.4, -0.2) is 25.8 Å². The molecule has 0 atom stereocenters. The normalized spacial score (nSPS) is 10.6. The zero-order chi connectivity index (χ0) is 14.5. The highest BCUT2D eigenvalue weighted by atomic mass is 32.1. The van der Waals surface area contributed by atoms with E-state index in [9.17, 15) is 10.1 Å². The average molecular weight is 290 g/mol. The van der Waals surface area contributed by atoms with Crippen LogP contribution in [-0.2, 0) is 0 Å². The summed E-state index contributed by atoms with van der Waals surface area (Å²) in [5.41, 5.74) is 8.53. The molecule has 1 aromatic carbocycles. The first kappa shape index (κ1) is 13.6. The molecule has 0 bridgehead atoms. The van der Waals surface area contributed by atoms with Crippen LogP contribution < -0.4 is 11.2 Å². The average Bonchev–Trinajstić information content (AvgIpc) is 2.87.